The molecule has 7 heteroatoms. The second-order valence-corrected chi connectivity index (χ2v) is 6.50. The van der Waals surface area contributed by atoms with E-state index in [1.54, 1.807) is 24.5 Å². The molecule has 0 spiro atoms. The fraction of sp³-hybridized carbons (Fsp3) is 0.143. The van der Waals surface area contributed by atoms with Gasteiger partial charge in [0.15, 0.2) is 0 Å². The summed E-state index contributed by atoms with van der Waals surface area (Å²) >= 11 is 0. The van der Waals surface area contributed by atoms with Crippen molar-refractivity contribution in [3.05, 3.63) is 93.1 Å². The third-order valence-electron chi connectivity index (χ3n) is 4.27. The molecule has 3 heterocycles. The summed E-state index contributed by atoms with van der Waals surface area (Å²) in [6, 6.07) is 6.71. The van der Waals surface area contributed by atoms with Crippen LogP contribution in [-0.2, 0) is 0 Å². The first-order valence-corrected chi connectivity index (χ1v) is 8.61. The van der Waals surface area contributed by atoms with Crippen LogP contribution >= 0.6 is 0 Å². The first-order chi connectivity index (χ1) is 13.4. The van der Waals surface area contributed by atoms with Crippen molar-refractivity contribution in [2.75, 3.05) is 5.32 Å². The van der Waals surface area contributed by atoms with Gasteiger partial charge in [-0.1, -0.05) is 5.57 Å². The first kappa shape index (κ1) is 19.2. The van der Waals surface area contributed by atoms with Gasteiger partial charge in [0.2, 0.25) is 5.56 Å². The molecule has 6 nitrogen and oxygen atoms in total. The highest BCUT2D eigenvalue weighted by atomic mass is 19.1. The molecule has 3 rings (SSSR count). The molecule has 0 saturated carbocycles. The van der Waals surface area contributed by atoms with Gasteiger partial charge in [-0.3, -0.25) is 14.6 Å². The maximum atomic E-state index is 13.6. The van der Waals surface area contributed by atoms with Gasteiger partial charge < -0.3 is 10.3 Å². The molecule has 0 radical (unpaired) electrons. The normalized spacial score (nSPS) is 10.4. The summed E-state index contributed by atoms with van der Waals surface area (Å²) in [5.74, 6) is -0.676. The minimum Gasteiger partial charge on any atom is -0.328 e. The Morgan fingerprint density at radius 3 is 2.43 bits per heavy atom. The van der Waals surface area contributed by atoms with E-state index >= 15 is 0 Å². The number of hydrogen-bond donors (Lipinski definition) is 2. The van der Waals surface area contributed by atoms with Crippen molar-refractivity contribution in [1.82, 2.24) is 15.0 Å². The van der Waals surface area contributed by atoms with Crippen molar-refractivity contribution in [2.24, 2.45) is 0 Å². The average Bonchev–Trinajstić information content (AvgIpc) is 2.67. The molecular formula is C21H19FN4O2. The molecule has 0 aromatic carbocycles. The second-order valence-electron chi connectivity index (χ2n) is 6.50. The van der Waals surface area contributed by atoms with Gasteiger partial charge in [-0.05, 0) is 50.1 Å². The molecule has 142 valence electrons. The summed E-state index contributed by atoms with van der Waals surface area (Å²) in [4.78, 5) is 34.3. The lowest BCUT2D eigenvalue weighted by atomic mass is 9.97. The maximum Gasteiger partial charge on any atom is 0.258 e. The van der Waals surface area contributed by atoms with Crippen LogP contribution in [0.5, 0.6) is 0 Å². The Kier molecular flexibility index (Phi) is 5.44. The lowest BCUT2D eigenvalue weighted by Crippen LogP contribution is -2.15. The van der Waals surface area contributed by atoms with Crippen molar-refractivity contribution in [1.29, 1.82) is 0 Å². The van der Waals surface area contributed by atoms with Gasteiger partial charge >= 0.3 is 0 Å². The molecule has 3 aromatic heterocycles. The SMILES string of the molecule is CC(C)=C(c1ccc(NC(=O)c2cncc(F)c2C)nc1)c1ccc(=O)[nH]c1. The van der Waals surface area contributed by atoms with Crippen LogP contribution in [0, 0.1) is 12.7 Å². The number of aromatic amines is 1. The summed E-state index contributed by atoms with van der Waals surface area (Å²) in [5, 5.41) is 2.65. The smallest absolute Gasteiger partial charge is 0.258 e. The number of allylic oxidation sites excluding steroid dienone is 1. The minimum absolute atomic E-state index is 0.157. The van der Waals surface area contributed by atoms with E-state index < -0.39 is 11.7 Å². The van der Waals surface area contributed by atoms with Gasteiger partial charge in [0.25, 0.3) is 5.91 Å². The van der Waals surface area contributed by atoms with Crippen LogP contribution in [0.1, 0.15) is 40.9 Å². The zero-order valence-corrected chi connectivity index (χ0v) is 15.7. The number of H-pyrrole nitrogens is 1. The number of carbonyl (C=O) groups excluding carboxylic acids is 1. The molecule has 0 aliphatic heterocycles. The van der Waals surface area contributed by atoms with Gasteiger partial charge in [0, 0.05) is 35.8 Å². The lowest BCUT2D eigenvalue weighted by molar-refractivity contribution is 0.102. The molecule has 0 aliphatic rings. The Hall–Kier alpha value is -3.61. The number of aromatic nitrogens is 3. The molecule has 0 aliphatic carbocycles. The first-order valence-electron chi connectivity index (χ1n) is 8.61. The number of halogens is 1. The Morgan fingerprint density at radius 2 is 1.82 bits per heavy atom. The fourth-order valence-electron chi connectivity index (χ4n) is 2.84. The van der Waals surface area contributed by atoms with Crippen LogP contribution < -0.4 is 10.9 Å². The number of carbonyl (C=O) groups is 1. The van der Waals surface area contributed by atoms with Crippen LogP contribution in [-0.4, -0.2) is 20.9 Å². The number of rotatable bonds is 4. The standard InChI is InChI=1S/C21H19FN4O2/c1-12(2)20(15-5-7-19(27)25-9-15)14-4-6-18(24-8-14)26-21(28)16-10-23-11-17(22)13(16)3/h4-11H,1-3H3,(H,25,27)(H,24,26,28). The topological polar surface area (TPSA) is 87.7 Å². The molecule has 1 amide bonds. The van der Waals surface area contributed by atoms with E-state index in [0.717, 1.165) is 28.5 Å². The van der Waals surface area contributed by atoms with Crippen LogP contribution in [0.15, 0.2) is 59.4 Å². The van der Waals surface area contributed by atoms with Crippen LogP contribution in [0.2, 0.25) is 0 Å². The molecule has 28 heavy (non-hydrogen) atoms. The van der Waals surface area contributed by atoms with E-state index in [2.05, 4.69) is 20.3 Å². The van der Waals surface area contributed by atoms with E-state index in [4.69, 9.17) is 0 Å². The van der Waals surface area contributed by atoms with E-state index in [1.165, 1.54) is 19.2 Å². The van der Waals surface area contributed by atoms with Gasteiger partial charge in [0.1, 0.15) is 11.6 Å². The van der Waals surface area contributed by atoms with Crippen molar-refractivity contribution in [2.45, 2.75) is 20.8 Å². The highest BCUT2D eigenvalue weighted by Gasteiger charge is 2.14. The highest BCUT2D eigenvalue weighted by Crippen LogP contribution is 2.26. The van der Waals surface area contributed by atoms with Crippen molar-refractivity contribution in [3.63, 3.8) is 0 Å². The number of pyridine rings is 3. The summed E-state index contributed by atoms with van der Waals surface area (Å²) in [6.45, 7) is 5.46. The summed E-state index contributed by atoms with van der Waals surface area (Å²) < 4.78 is 13.6. The number of hydrogen-bond acceptors (Lipinski definition) is 4. The zero-order valence-electron chi connectivity index (χ0n) is 15.7. The molecule has 0 atom stereocenters. The average molecular weight is 378 g/mol. The van der Waals surface area contributed by atoms with E-state index in [9.17, 15) is 14.0 Å². The number of amides is 1. The monoisotopic (exact) mass is 378 g/mol. The number of nitrogens with zero attached hydrogens (tertiary/aromatic N) is 2. The predicted octanol–water partition coefficient (Wildman–Crippen LogP) is 3.71. The molecule has 0 saturated heterocycles. The summed E-state index contributed by atoms with van der Waals surface area (Å²) in [6.07, 6.45) is 5.68. The van der Waals surface area contributed by atoms with E-state index in [1.807, 2.05) is 19.9 Å². The van der Waals surface area contributed by atoms with E-state index in [-0.39, 0.29) is 16.7 Å². The van der Waals surface area contributed by atoms with Crippen molar-refractivity contribution < 1.29 is 9.18 Å². The number of anilines is 1. The molecule has 0 fully saturated rings. The molecule has 0 unspecified atom stereocenters. The molecule has 2 N–H and O–H groups in total. The lowest BCUT2D eigenvalue weighted by Gasteiger charge is -2.12. The summed E-state index contributed by atoms with van der Waals surface area (Å²) in [5.41, 5.74) is 3.90. The second kappa shape index (κ2) is 7.96. The van der Waals surface area contributed by atoms with Gasteiger partial charge in [0.05, 0.1) is 11.8 Å². The third-order valence-corrected chi connectivity index (χ3v) is 4.27. The zero-order chi connectivity index (χ0) is 20.3. The molecular weight excluding hydrogens is 359 g/mol. The predicted molar refractivity (Wildman–Crippen MR) is 106 cm³/mol. The minimum atomic E-state index is -0.537. The Bertz CT molecular complexity index is 1090. The Labute approximate surface area is 161 Å². The highest BCUT2D eigenvalue weighted by molar-refractivity contribution is 6.04. The van der Waals surface area contributed by atoms with Crippen LogP contribution in [0.3, 0.4) is 0 Å². The third kappa shape index (κ3) is 4.03. The van der Waals surface area contributed by atoms with Crippen molar-refractivity contribution >= 4 is 17.3 Å². The van der Waals surface area contributed by atoms with Gasteiger partial charge in [-0.2, -0.15) is 0 Å². The van der Waals surface area contributed by atoms with Gasteiger partial charge in [-0.15, -0.1) is 0 Å². The van der Waals surface area contributed by atoms with Gasteiger partial charge in [-0.25, -0.2) is 9.37 Å². The molecule has 3 aromatic rings. The van der Waals surface area contributed by atoms with Crippen LogP contribution in [0.25, 0.3) is 5.57 Å². The van der Waals surface area contributed by atoms with Crippen LogP contribution in [0.4, 0.5) is 10.2 Å². The molecule has 0 bridgehead atoms. The van der Waals surface area contributed by atoms with E-state index in [0.29, 0.717) is 5.82 Å². The van der Waals surface area contributed by atoms with Crippen molar-refractivity contribution in [3.8, 4) is 0 Å². The fourth-order valence-corrected chi connectivity index (χ4v) is 2.84. The Balaban J connectivity index is 1.85. The maximum absolute atomic E-state index is 13.6. The Morgan fingerprint density at radius 1 is 1.07 bits per heavy atom. The number of nitrogens with one attached hydrogen (secondary N) is 2. The quantitative estimate of drug-likeness (QED) is 0.724. The summed E-state index contributed by atoms with van der Waals surface area (Å²) in [7, 11) is 0. The largest absolute Gasteiger partial charge is 0.328 e.